The Bertz CT molecular complexity index is 1350. The number of fused-ring (bicyclic) bond motifs is 1. The van der Waals surface area contributed by atoms with Crippen LogP contribution in [0.25, 0.3) is 39.4 Å². The Balaban J connectivity index is 1.63. The van der Waals surface area contributed by atoms with Crippen molar-refractivity contribution in [3.8, 4) is 28.2 Å². The molecule has 0 fully saturated rings. The average molecular weight is 409 g/mol. The van der Waals surface area contributed by atoms with E-state index in [-0.39, 0.29) is 0 Å². The fourth-order valence-electron chi connectivity index (χ4n) is 4.06. The van der Waals surface area contributed by atoms with E-state index < -0.39 is 0 Å². The molecule has 0 saturated carbocycles. The summed E-state index contributed by atoms with van der Waals surface area (Å²) >= 11 is 0. The molecule has 1 N–H and O–H groups in total. The summed E-state index contributed by atoms with van der Waals surface area (Å²) in [6, 6.07) is 18.7. The summed E-state index contributed by atoms with van der Waals surface area (Å²) in [4.78, 5) is 9.74. The maximum Gasteiger partial charge on any atom is 0.205 e. The first-order valence-corrected chi connectivity index (χ1v) is 10.4. The van der Waals surface area contributed by atoms with Crippen molar-refractivity contribution < 1.29 is 0 Å². The molecule has 5 aromatic rings. The molecule has 0 aliphatic rings. The summed E-state index contributed by atoms with van der Waals surface area (Å²) in [5, 5.41) is 14.5. The number of rotatable bonds is 5. The fraction of sp³-hybridized carbons (Fsp3) is 0.208. The highest BCUT2D eigenvalue weighted by atomic mass is 15.5. The molecule has 0 aliphatic heterocycles. The first-order valence-electron chi connectivity index (χ1n) is 10.4. The number of aromatic nitrogens is 7. The van der Waals surface area contributed by atoms with E-state index in [4.69, 9.17) is 9.97 Å². The summed E-state index contributed by atoms with van der Waals surface area (Å²) in [5.74, 6) is 1.62. The minimum atomic E-state index is 0.584. The zero-order valence-corrected chi connectivity index (χ0v) is 17.8. The summed E-state index contributed by atoms with van der Waals surface area (Å²) < 4.78 is 2.19. The molecule has 0 amide bonds. The van der Waals surface area contributed by atoms with Gasteiger partial charge in [-0.15, -0.1) is 10.2 Å². The van der Waals surface area contributed by atoms with E-state index in [1.54, 1.807) is 0 Å². The van der Waals surface area contributed by atoms with Crippen molar-refractivity contribution in [2.45, 2.75) is 33.6 Å². The van der Waals surface area contributed by atoms with E-state index in [9.17, 15) is 0 Å². The molecule has 2 aromatic carbocycles. The number of H-pyrrole nitrogens is 1. The quantitative estimate of drug-likeness (QED) is 0.449. The lowest BCUT2D eigenvalue weighted by atomic mass is 9.99. The molecule has 3 aromatic heterocycles. The number of pyridine rings is 1. The molecule has 0 aliphatic carbocycles. The Morgan fingerprint density at radius 3 is 2.42 bits per heavy atom. The largest absolute Gasteiger partial charge is 0.281 e. The third-order valence-corrected chi connectivity index (χ3v) is 5.43. The van der Waals surface area contributed by atoms with Crippen LogP contribution in [0.1, 0.15) is 30.4 Å². The van der Waals surface area contributed by atoms with Gasteiger partial charge in [-0.3, -0.25) is 4.57 Å². The molecule has 0 unspecified atom stereocenters. The van der Waals surface area contributed by atoms with Crippen LogP contribution in [0, 0.1) is 13.8 Å². The Kier molecular flexibility index (Phi) is 4.78. The van der Waals surface area contributed by atoms with Gasteiger partial charge in [0.2, 0.25) is 5.82 Å². The molecule has 31 heavy (non-hydrogen) atoms. The predicted molar refractivity (Wildman–Crippen MR) is 121 cm³/mol. The number of nitrogens with one attached hydrogen (secondary N) is 1. The maximum atomic E-state index is 4.92. The van der Waals surface area contributed by atoms with Gasteiger partial charge in [0.05, 0.1) is 0 Å². The number of imidazole rings is 1. The molecule has 3 heterocycles. The van der Waals surface area contributed by atoms with Crippen LogP contribution < -0.4 is 0 Å². The third kappa shape index (κ3) is 3.38. The van der Waals surface area contributed by atoms with Crippen molar-refractivity contribution in [3.05, 3.63) is 71.7 Å². The van der Waals surface area contributed by atoms with Crippen molar-refractivity contribution >= 4 is 11.2 Å². The van der Waals surface area contributed by atoms with Crippen molar-refractivity contribution in [2.75, 3.05) is 0 Å². The maximum absolute atomic E-state index is 4.92. The molecular weight excluding hydrogens is 386 g/mol. The second-order valence-corrected chi connectivity index (χ2v) is 7.69. The van der Waals surface area contributed by atoms with Crippen molar-refractivity contribution in [2.24, 2.45) is 0 Å². The topological polar surface area (TPSA) is 85.2 Å². The van der Waals surface area contributed by atoms with E-state index in [0.717, 1.165) is 63.5 Å². The molecule has 0 bridgehead atoms. The van der Waals surface area contributed by atoms with E-state index in [1.165, 1.54) is 0 Å². The fourth-order valence-corrected chi connectivity index (χ4v) is 4.06. The highest BCUT2D eigenvalue weighted by molar-refractivity contribution is 5.81. The van der Waals surface area contributed by atoms with Crippen LogP contribution in [0.3, 0.4) is 0 Å². The van der Waals surface area contributed by atoms with E-state index in [1.807, 2.05) is 25.1 Å². The lowest BCUT2D eigenvalue weighted by molar-refractivity contribution is 0.815. The summed E-state index contributed by atoms with van der Waals surface area (Å²) in [5.41, 5.74) is 8.20. The van der Waals surface area contributed by atoms with E-state index in [2.05, 4.69) is 75.4 Å². The van der Waals surface area contributed by atoms with Gasteiger partial charge in [-0.25, -0.2) is 9.97 Å². The van der Waals surface area contributed by atoms with Gasteiger partial charge in [-0.05, 0) is 60.4 Å². The predicted octanol–water partition coefficient (Wildman–Crippen LogP) is 4.84. The number of tetrazole rings is 1. The minimum absolute atomic E-state index is 0.584. The number of hydrogen-bond donors (Lipinski definition) is 1. The van der Waals surface area contributed by atoms with E-state index in [0.29, 0.717) is 5.82 Å². The number of nitrogens with zero attached hydrogens (tertiary/aromatic N) is 6. The van der Waals surface area contributed by atoms with Crippen LogP contribution in [-0.2, 0) is 6.42 Å². The summed E-state index contributed by atoms with van der Waals surface area (Å²) in [6.45, 7) is 6.30. The van der Waals surface area contributed by atoms with Crippen molar-refractivity contribution in [1.29, 1.82) is 0 Å². The van der Waals surface area contributed by atoms with Gasteiger partial charge >= 0.3 is 0 Å². The highest BCUT2D eigenvalue weighted by Crippen LogP contribution is 2.31. The molecule has 7 nitrogen and oxygen atoms in total. The Labute approximate surface area is 180 Å². The van der Waals surface area contributed by atoms with Gasteiger partial charge in [-0.2, -0.15) is 5.21 Å². The molecule has 0 radical (unpaired) electrons. The van der Waals surface area contributed by atoms with Gasteiger partial charge in [0.15, 0.2) is 5.65 Å². The smallest absolute Gasteiger partial charge is 0.205 e. The van der Waals surface area contributed by atoms with Gasteiger partial charge in [0.25, 0.3) is 0 Å². The standard InChI is InChI=1S/C24H23N7/c1-4-7-21-26-22-15(2)14-16(3)25-24(22)31(21)18-12-10-17(11-13-18)19-8-5-6-9-20(19)23-27-29-30-28-23/h5-6,8-14H,4,7H2,1-3H3,(H,27,28,29,30). The third-order valence-electron chi connectivity index (χ3n) is 5.43. The molecule has 0 spiro atoms. The first-order chi connectivity index (χ1) is 15.2. The van der Waals surface area contributed by atoms with E-state index >= 15 is 0 Å². The lowest BCUT2D eigenvalue weighted by Gasteiger charge is -2.11. The second-order valence-electron chi connectivity index (χ2n) is 7.69. The monoisotopic (exact) mass is 409 g/mol. The van der Waals surface area contributed by atoms with Crippen LogP contribution in [0.5, 0.6) is 0 Å². The molecular formula is C24H23N7. The van der Waals surface area contributed by atoms with Crippen LogP contribution in [0.4, 0.5) is 0 Å². The molecule has 5 rings (SSSR count). The summed E-state index contributed by atoms with van der Waals surface area (Å²) in [7, 11) is 0. The second kappa shape index (κ2) is 7.75. The molecule has 154 valence electrons. The molecule has 7 heteroatoms. The Hall–Kier alpha value is -3.87. The molecule has 0 saturated heterocycles. The van der Waals surface area contributed by atoms with Gasteiger partial charge in [-0.1, -0.05) is 43.3 Å². The average Bonchev–Trinajstić information content (AvgIpc) is 3.43. The van der Waals surface area contributed by atoms with Gasteiger partial charge in [0.1, 0.15) is 11.3 Å². The van der Waals surface area contributed by atoms with Crippen LogP contribution in [0.15, 0.2) is 54.6 Å². The molecule has 0 atom stereocenters. The Morgan fingerprint density at radius 2 is 1.71 bits per heavy atom. The number of aryl methyl sites for hydroxylation is 3. The van der Waals surface area contributed by atoms with Crippen LogP contribution >= 0.6 is 0 Å². The van der Waals surface area contributed by atoms with Crippen LogP contribution in [-0.4, -0.2) is 35.2 Å². The number of benzene rings is 2. The minimum Gasteiger partial charge on any atom is -0.281 e. The number of hydrogen-bond acceptors (Lipinski definition) is 5. The normalized spacial score (nSPS) is 11.3. The highest BCUT2D eigenvalue weighted by Gasteiger charge is 2.16. The summed E-state index contributed by atoms with van der Waals surface area (Å²) in [6.07, 6.45) is 1.93. The van der Waals surface area contributed by atoms with Crippen molar-refractivity contribution in [3.63, 3.8) is 0 Å². The van der Waals surface area contributed by atoms with Gasteiger partial charge < -0.3 is 0 Å². The Morgan fingerprint density at radius 1 is 0.935 bits per heavy atom. The SMILES string of the molecule is CCCc1nc2c(C)cc(C)nc2n1-c1ccc(-c2ccccc2-c2nn[nH]n2)cc1. The zero-order valence-electron chi connectivity index (χ0n) is 17.8. The van der Waals surface area contributed by atoms with Gasteiger partial charge in [0, 0.05) is 23.4 Å². The van der Waals surface area contributed by atoms with Crippen molar-refractivity contribution in [1.82, 2.24) is 35.2 Å². The zero-order chi connectivity index (χ0) is 21.4. The lowest BCUT2D eigenvalue weighted by Crippen LogP contribution is -2.02. The number of aromatic amines is 1. The first kappa shape index (κ1) is 19.1. The van der Waals surface area contributed by atoms with Crippen LogP contribution in [0.2, 0.25) is 0 Å².